The standard InChI is InChI=1S/C14H18O4S2/c1-11-3-5-13(6-4-11)18-14(16)9-12(15)10-20-19-8-7-17-2/h3-6H,7-10H2,1-2H3. The summed E-state index contributed by atoms with van der Waals surface area (Å²) in [5.41, 5.74) is 1.09. The molecule has 0 atom stereocenters. The van der Waals surface area contributed by atoms with Gasteiger partial charge in [-0.1, -0.05) is 39.3 Å². The number of methoxy groups -OCH3 is 1. The largest absolute Gasteiger partial charge is 0.426 e. The predicted molar refractivity (Wildman–Crippen MR) is 83.2 cm³/mol. The molecule has 0 bridgehead atoms. The lowest BCUT2D eigenvalue weighted by Crippen LogP contribution is -2.15. The molecule has 0 aliphatic rings. The molecular formula is C14H18O4S2. The molecule has 0 unspecified atom stereocenters. The molecule has 0 aliphatic carbocycles. The molecule has 6 heteroatoms. The van der Waals surface area contributed by atoms with E-state index in [1.807, 2.05) is 19.1 Å². The van der Waals surface area contributed by atoms with E-state index in [-0.39, 0.29) is 12.2 Å². The minimum absolute atomic E-state index is 0.128. The first-order chi connectivity index (χ1) is 9.61. The van der Waals surface area contributed by atoms with Crippen molar-refractivity contribution in [1.82, 2.24) is 0 Å². The molecule has 0 saturated carbocycles. The lowest BCUT2D eigenvalue weighted by molar-refractivity contribution is -0.137. The molecule has 0 heterocycles. The van der Waals surface area contributed by atoms with Crippen molar-refractivity contribution in [2.45, 2.75) is 13.3 Å². The third-order valence-electron chi connectivity index (χ3n) is 2.27. The monoisotopic (exact) mass is 314 g/mol. The Labute approximate surface area is 127 Å². The number of rotatable bonds is 9. The van der Waals surface area contributed by atoms with Crippen LogP contribution in [0.1, 0.15) is 12.0 Å². The van der Waals surface area contributed by atoms with Crippen LogP contribution < -0.4 is 4.74 Å². The fourth-order valence-electron chi connectivity index (χ4n) is 1.27. The summed E-state index contributed by atoms with van der Waals surface area (Å²) < 4.78 is 9.98. The number of hydrogen-bond acceptors (Lipinski definition) is 6. The van der Waals surface area contributed by atoms with E-state index in [0.29, 0.717) is 18.1 Å². The second-order valence-corrected chi connectivity index (χ2v) is 6.66. The molecule has 110 valence electrons. The Bertz CT molecular complexity index is 431. The first-order valence-electron chi connectivity index (χ1n) is 6.14. The van der Waals surface area contributed by atoms with Crippen LogP contribution in [0, 0.1) is 6.92 Å². The summed E-state index contributed by atoms with van der Waals surface area (Å²) in [6.45, 7) is 2.61. The van der Waals surface area contributed by atoms with Gasteiger partial charge < -0.3 is 9.47 Å². The second kappa shape index (κ2) is 9.85. The predicted octanol–water partition coefficient (Wildman–Crippen LogP) is 2.89. The Morgan fingerprint density at radius 2 is 1.85 bits per heavy atom. The van der Waals surface area contributed by atoms with Gasteiger partial charge in [0.05, 0.1) is 12.4 Å². The van der Waals surface area contributed by atoms with Crippen LogP contribution in [-0.2, 0) is 14.3 Å². The van der Waals surface area contributed by atoms with Crippen molar-refractivity contribution in [2.24, 2.45) is 0 Å². The molecule has 1 aromatic carbocycles. The number of aryl methyl sites for hydroxylation is 1. The SMILES string of the molecule is COCCSSCC(=O)CC(=O)Oc1ccc(C)cc1. The zero-order chi connectivity index (χ0) is 14.8. The van der Waals surface area contributed by atoms with E-state index in [0.717, 1.165) is 11.3 Å². The lowest BCUT2D eigenvalue weighted by Gasteiger charge is -2.04. The van der Waals surface area contributed by atoms with E-state index in [2.05, 4.69) is 0 Å². The van der Waals surface area contributed by atoms with Crippen LogP contribution in [0.2, 0.25) is 0 Å². The molecule has 20 heavy (non-hydrogen) atoms. The van der Waals surface area contributed by atoms with Crippen LogP contribution in [-0.4, -0.2) is 37.0 Å². The highest BCUT2D eigenvalue weighted by atomic mass is 33.1. The Morgan fingerprint density at radius 3 is 2.50 bits per heavy atom. The van der Waals surface area contributed by atoms with Crippen LogP contribution >= 0.6 is 21.6 Å². The molecule has 0 amide bonds. The molecule has 0 aromatic heterocycles. The molecule has 1 aromatic rings. The molecule has 0 spiro atoms. The fraction of sp³-hybridized carbons (Fsp3) is 0.429. The number of benzene rings is 1. The van der Waals surface area contributed by atoms with Gasteiger partial charge in [0.15, 0.2) is 5.78 Å². The van der Waals surface area contributed by atoms with E-state index < -0.39 is 5.97 Å². The number of Topliss-reactive ketones (excluding diaryl/α,β-unsaturated/α-hetero) is 1. The van der Waals surface area contributed by atoms with E-state index in [1.54, 1.807) is 30.0 Å². The van der Waals surface area contributed by atoms with Crippen LogP contribution in [0.5, 0.6) is 5.75 Å². The van der Waals surface area contributed by atoms with Gasteiger partial charge in [-0.15, -0.1) is 0 Å². The number of carbonyl (C=O) groups is 2. The average Bonchev–Trinajstić information content (AvgIpc) is 2.41. The average molecular weight is 314 g/mol. The van der Waals surface area contributed by atoms with Gasteiger partial charge in [-0.2, -0.15) is 0 Å². The van der Waals surface area contributed by atoms with E-state index in [9.17, 15) is 9.59 Å². The topological polar surface area (TPSA) is 52.6 Å². The van der Waals surface area contributed by atoms with Gasteiger partial charge in [-0.25, -0.2) is 0 Å². The first-order valence-corrected chi connectivity index (χ1v) is 8.63. The highest BCUT2D eigenvalue weighted by Crippen LogP contribution is 2.21. The van der Waals surface area contributed by atoms with Crippen LogP contribution in [0.3, 0.4) is 0 Å². The number of carbonyl (C=O) groups excluding carboxylic acids is 2. The molecule has 4 nitrogen and oxygen atoms in total. The van der Waals surface area contributed by atoms with Crippen molar-refractivity contribution in [2.75, 3.05) is 25.2 Å². The number of ether oxygens (including phenoxy) is 2. The summed E-state index contributed by atoms with van der Waals surface area (Å²) in [4.78, 5) is 23.1. The van der Waals surface area contributed by atoms with Crippen LogP contribution in [0.15, 0.2) is 24.3 Å². The Hall–Kier alpha value is -0.980. The van der Waals surface area contributed by atoms with Crippen molar-refractivity contribution >= 4 is 33.3 Å². The van der Waals surface area contributed by atoms with Gasteiger partial charge in [0, 0.05) is 12.9 Å². The zero-order valence-corrected chi connectivity index (χ0v) is 13.2. The summed E-state index contributed by atoms with van der Waals surface area (Å²) in [6, 6.07) is 7.14. The van der Waals surface area contributed by atoms with Gasteiger partial charge in [0.2, 0.25) is 0 Å². The van der Waals surface area contributed by atoms with Crippen LogP contribution in [0.4, 0.5) is 0 Å². The molecule has 0 fully saturated rings. The molecule has 1 rings (SSSR count). The first kappa shape index (κ1) is 17.1. The van der Waals surface area contributed by atoms with Gasteiger partial charge >= 0.3 is 5.97 Å². The van der Waals surface area contributed by atoms with E-state index in [1.165, 1.54) is 10.8 Å². The number of esters is 1. The summed E-state index contributed by atoms with van der Waals surface area (Å²) in [6.07, 6.45) is -0.189. The fourth-order valence-corrected chi connectivity index (χ4v) is 3.14. The third-order valence-corrected chi connectivity index (χ3v) is 4.56. The highest BCUT2D eigenvalue weighted by molar-refractivity contribution is 8.76. The maximum absolute atomic E-state index is 11.6. The van der Waals surface area contributed by atoms with Crippen molar-refractivity contribution in [1.29, 1.82) is 0 Å². The Kier molecular flexibility index (Phi) is 8.41. The summed E-state index contributed by atoms with van der Waals surface area (Å²) in [5.74, 6) is 0.952. The summed E-state index contributed by atoms with van der Waals surface area (Å²) >= 11 is 0. The van der Waals surface area contributed by atoms with Crippen molar-refractivity contribution in [3.8, 4) is 5.75 Å². The zero-order valence-electron chi connectivity index (χ0n) is 11.6. The lowest BCUT2D eigenvalue weighted by atomic mass is 10.2. The smallest absolute Gasteiger partial charge is 0.318 e. The maximum atomic E-state index is 11.6. The minimum Gasteiger partial charge on any atom is -0.426 e. The molecule has 0 saturated heterocycles. The molecule has 0 radical (unpaired) electrons. The van der Waals surface area contributed by atoms with Crippen molar-refractivity contribution in [3.63, 3.8) is 0 Å². The van der Waals surface area contributed by atoms with Crippen molar-refractivity contribution < 1.29 is 19.1 Å². The number of hydrogen-bond donors (Lipinski definition) is 0. The normalized spacial score (nSPS) is 10.3. The summed E-state index contributed by atoms with van der Waals surface area (Å²) in [5, 5.41) is 0. The minimum atomic E-state index is -0.513. The molecular weight excluding hydrogens is 296 g/mol. The van der Waals surface area contributed by atoms with Crippen LogP contribution in [0.25, 0.3) is 0 Å². The second-order valence-electron chi connectivity index (χ2n) is 4.08. The van der Waals surface area contributed by atoms with Gasteiger partial charge in [-0.05, 0) is 19.1 Å². The number of ketones is 1. The molecule has 0 aliphatic heterocycles. The van der Waals surface area contributed by atoms with E-state index >= 15 is 0 Å². The van der Waals surface area contributed by atoms with Gasteiger partial charge in [0.25, 0.3) is 0 Å². The Morgan fingerprint density at radius 1 is 1.15 bits per heavy atom. The van der Waals surface area contributed by atoms with Crippen molar-refractivity contribution in [3.05, 3.63) is 29.8 Å². The van der Waals surface area contributed by atoms with E-state index in [4.69, 9.17) is 9.47 Å². The van der Waals surface area contributed by atoms with Gasteiger partial charge in [-0.3, -0.25) is 9.59 Å². The quantitative estimate of drug-likeness (QED) is 0.230. The molecule has 0 N–H and O–H groups in total. The third kappa shape index (κ3) is 7.57. The highest BCUT2D eigenvalue weighted by Gasteiger charge is 2.12. The van der Waals surface area contributed by atoms with Gasteiger partial charge in [0.1, 0.15) is 12.2 Å². The Balaban J connectivity index is 2.21. The maximum Gasteiger partial charge on any atom is 0.318 e. The summed E-state index contributed by atoms with van der Waals surface area (Å²) in [7, 11) is 4.62.